The van der Waals surface area contributed by atoms with Crippen molar-refractivity contribution >= 4 is 21.7 Å². The van der Waals surface area contributed by atoms with Crippen molar-refractivity contribution in [2.75, 3.05) is 17.6 Å². The Labute approximate surface area is 163 Å². The molecule has 156 valence electrons. The fraction of sp³-hybridized carbons (Fsp3) is 0.353. The number of ether oxygens (including phenoxy) is 1. The van der Waals surface area contributed by atoms with Gasteiger partial charge in [0.2, 0.25) is 15.9 Å². The molecule has 2 N–H and O–H groups in total. The van der Waals surface area contributed by atoms with Crippen molar-refractivity contribution in [2.45, 2.75) is 19.0 Å². The van der Waals surface area contributed by atoms with Crippen molar-refractivity contribution in [1.82, 2.24) is 9.97 Å². The molecule has 1 saturated carbocycles. The van der Waals surface area contributed by atoms with Crippen LogP contribution in [0.25, 0.3) is 11.3 Å². The van der Waals surface area contributed by atoms with Gasteiger partial charge in [-0.15, -0.1) is 0 Å². The maximum Gasteiger partial charge on any atom is 0.435 e. The maximum atomic E-state index is 13.3. The largest absolute Gasteiger partial charge is 0.476 e. The molecule has 2 aromatic rings. The predicted molar refractivity (Wildman–Crippen MR) is 96.1 cm³/mol. The minimum Gasteiger partial charge on any atom is -0.476 e. The lowest BCUT2D eigenvalue weighted by molar-refractivity contribution is -0.142. The molecule has 0 unspecified atom stereocenters. The summed E-state index contributed by atoms with van der Waals surface area (Å²) < 4.78 is 70.0. The summed E-state index contributed by atoms with van der Waals surface area (Å²) in [5, 5.41) is 9.17. The van der Waals surface area contributed by atoms with Gasteiger partial charge in [0.1, 0.15) is 5.69 Å². The zero-order valence-electron chi connectivity index (χ0n) is 15.0. The van der Waals surface area contributed by atoms with E-state index in [0.717, 1.165) is 19.1 Å². The van der Waals surface area contributed by atoms with Gasteiger partial charge in [0.15, 0.2) is 11.4 Å². The maximum absolute atomic E-state index is 13.3. The van der Waals surface area contributed by atoms with Crippen LogP contribution in [0.15, 0.2) is 24.3 Å². The summed E-state index contributed by atoms with van der Waals surface area (Å²) in [6.45, 7) is 0.138. The fourth-order valence-electron chi connectivity index (χ4n) is 2.45. The van der Waals surface area contributed by atoms with E-state index >= 15 is 0 Å². The fourth-order valence-corrected chi connectivity index (χ4v) is 3.01. The second kappa shape index (κ2) is 7.50. The van der Waals surface area contributed by atoms with Crippen LogP contribution in [-0.4, -0.2) is 42.3 Å². The van der Waals surface area contributed by atoms with Gasteiger partial charge in [-0.25, -0.2) is 23.2 Å². The lowest BCUT2D eigenvalue weighted by Gasteiger charge is -2.15. The van der Waals surface area contributed by atoms with Crippen molar-refractivity contribution in [1.29, 1.82) is 0 Å². The van der Waals surface area contributed by atoms with Crippen molar-refractivity contribution in [3.63, 3.8) is 0 Å². The van der Waals surface area contributed by atoms with E-state index in [0.29, 0.717) is 0 Å². The van der Waals surface area contributed by atoms with Crippen LogP contribution in [0.4, 0.5) is 18.9 Å². The average molecular weight is 431 g/mol. The zero-order valence-corrected chi connectivity index (χ0v) is 15.8. The Balaban J connectivity index is 2.07. The van der Waals surface area contributed by atoms with Gasteiger partial charge in [-0.1, -0.05) is 12.1 Å². The number of carboxylic acids is 1. The van der Waals surface area contributed by atoms with Crippen LogP contribution >= 0.6 is 0 Å². The Morgan fingerprint density at radius 2 is 1.86 bits per heavy atom. The lowest BCUT2D eigenvalue weighted by atomic mass is 10.1. The van der Waals surface area contributed by atoms with Gasteiger partial charge in [-0.3, -0.25) is 4.72 Å². The minimum atomic E-state index is -5.03. The monoisotopic (exact) mass is 431 g/mol. The smallest absolute Gasteiger partial charge is 0.435 e. The highest BCUT2D eigenvalue weighted by Crippen LogP contribution is 2.37. The van der Waals surface area contributed by atoms with E-state index in [-0.39, 0.29) is 29.5 Å². The van der Waals surface area contributed by atoms with E-state index in [4.69, 9.17) is 4.74 Å². The highest BCUT2D eigenvalue weighted by Gasteiger charge is 2.40. The summed E-state index contributed by atoms with van der Waals surface area (Å²) >= 11 is 0. The van der Waals surface area contributed by atoms with E-state index in [1.165, 1.54) is 24.3 Å². The summed E-state index contributed by atoms with van der Waals surface area (Å²) in [6, 6.07) is 5.47. The van der Waals surface area contributed by atoms with Crippen LogP contribution in [0, 0.1) is 5.92 Å². The quantitative estimate of drug-likeness (QED) is 0.692. The third-order valence-electron chi connectivity index (χ3n) is 3.95. The Kier molecular flexibility index (Phi) is 5.39. The molecule has 1 fully saturated rings. The number of carboxylic acid groups (broad SMARTS) is 1. The number of aromatic nitrogens is 2. The van der Waals surface area contributed by atoms with E-state index in [9.17, 15) is 31.5 Å². The molecule has 1 aliphatic carbocycles. The van der Waals surface area contributed by atoms with Crippen LogP contribution in [0.5, 0.6) is 5.88 Å². The summed E-state index contributed by atoms with van der Waals surface area (Å²) in [5.74, 6) is -2.10. The molecule has 0 saturated heterocycles. The van der Waals surface area contributed by atoms with Crippen molar-refractivity contribution in [3.05, 3.63) is 35.7 Å². The highest BCUT2D eigenvalue weighted by atomic mass is 32.2. The molecule has 3 rings (SSSR count). The third kappa shape index (κ3) is 5.34. The third-order valence-corrected chi connectivity index (χ3v) is 4.56. The van der Waals surface area contributed by atoms with E-state index in [1.807, 2.05) is 0 Å². The standard InChI is InChI=1S/C17H16F3N3O5S/c1-29(26,27)23-11-6-4-10(5-7-11)12-15(28-8-9-2-3-9)22-14(17(18,19)20)13(21-12)16(24)25/h4-7,9,23H,2-3,8H2,1H3,(H,24,25). The van der Waals surface area contributed by atoms with Crippen LogP contribution in [0.3, 0.4) is 0 Å². The molecule has 8 nitrogen and oxygen atoms in total. The first-order valence-electron chi connectivity index (χ1n) is 8.37. The van der Waals surface area contributed by atoms with Gasteiger partial charge in [-0.2, -0.15) is 13.2 Å². The van der Waals surface area contributed by atoms with Crippen molar-refractivity contribution in [2.24, 2.45) is 5.92 Å². The zero-order chi connectivity index (χ0) is 21.4. The first kappa shape index (κ1) is 20.8. The number of hydrogen-bond acceptors (Lipinski definition) is 6. The molecule has 0 bridgehead atoms. The normalized spacial score (nSPS) is 14.5. The molecule has 1 aliphatic rings. The number of alkyl halides is 3. The Bertz CT molecular complexity index is 1040. The summed E-state index contributed by atoms with van der Waals surface area (Å²) in [5.41, 5.74) is -2.63. The molecular formula is C17H16F3N3O5S. The number of nitrogens with zero attached hydrogens (tertiary/aromatic N) is 2. The lowest BCUT2D eigenvalue weighted by Crippen LogP contribution is -2.19. The molecule has 1 aromatic carbocycles. The van der Waals surface area contributed by atoms with Gasteiger partial charge in [-0.05, 0) is 30.9 Å². The Hall–Kier alpha value is -2.89. The topological polar surface area (TPSA) is 118 Å². The van der Waals surface area contributed by atoms with Gasteiger partial charge in [0, 0.05) is 11.3 Å². The first-order valence-corrected chi connectivity index (χ1v) is 10.3. The number of hydrogen-bond donors (Lipinski definition) is 2. The van der Waals surface area contributed by atoms with E-state index in [1.54, 1.807) is 0 Å². The molecule has 1 heterocycles. The summed E-state index contributed by atoms with van der Waals surface area (Å²) in [6.07, 6.45) is -2.30. The number of halogens is 3. The number of rotatable bonds is 7. The first-order chi connectivity index (χ1) is 13.4. The minimum absolute atomic E-state index is 0.138. The SMILES string of the molecule is CS(=O)(=O)Nc1ccc(-c2nc(C(=O)O)c(C(F)(F)F)nc2OCC2CC2)cc1. The second-order valence-electron chi connectivity index (χ2n) is 6.58. The molecule has 12 heteroatoms. The van der Waals surface area contributed by atoms with E-state index in [2.05, 4.69) is 14.7 Å². The summed E-state index contributed by atoms with van der Waals surface area (Å²) in [4.78, 5) is 18.4. The van der Waals surface area contributed by atoms with Crippen LogP contribution < -0.4 is 9.46 Å². The molecule has 0 radical (unpaired) electrons. The van der Waals surface area contributed by atoms with Crippen LogP contribution in [0.2, 0.25) is 0 Å². The number of nitrogens with one attached hydrogen (secondary N) is 1. The number of carbonyl (C=O) groups is 1. The predicted octanol–water partition coefficient (Wildman–Crippen LogP) is 3.02. The number of benzene rings is 1. The second-order valence-corrected chi connectivity index (χ2v) is 8.33. The molecule has 0 atom stereocenters. The molecule has 1 aromatic heterocycles. The van der Waals surface area contributed by atoms with Gasteiger partial charge in [0.25, 0.3) is 0 Å². The number of sulfonamides is 1. The molecule has 29 heavy (non-hydrogen) atoms. The van der Waals surface area contributed by atoms with Crippen molar-refractivity contribution < 1.29 is 36.2 Å². The Morgan fingerprint density at radius 3 is 2.34 bits per heavy atom. The van der Waals surface area contributed by atoms with Gasteiger partial charge in [0.05, 0.1) is 12.9 Å². The number of aromatic carboxylic acids is 1. The Morgan fingerprint density at radius 1 is 1.24 bits per heavy atom. The molecule has 0 aliphatic heterocycles. The van der Waals surface area contributed by atoms with Gasteiger partial charge < -0.3 is 9.84 Å². The molecule has 0 spiro atoms. The summed E-state index contributed by atoms with van der Waals surface area (Å²) in [7, 11) is -3.52. The average Bonchev–Trinajstić information content (AvgIpc) is 3.42. The molecular weight excluding hydrogens is 415 g/mol. The number of anilines is 1. The molecule has 0 amide bonds. The highest BCUT2D eigenvalue weighted by molar-refractivity contribution is 7.92. The van der Waals surface area contributed by atoms with Crippen LogP contribution in [0.1, 0.15) is 29.0 Å². The van der Waals surface area contributed by atoms with Gasteiger partial charge >= 0.3 is 12.1 Å². The van der Waals surface area contributed by atoms with Crippen molar-refractivity contribution in [3.8, 4) is 17.1 Å². The van der Waals surface area contributed by atoms with E-state index < -0.39 is 39.4 Å². The van der Waals surface area contributed by atoms with Crippen LogP contribution in [-0.2, 0) is 16.2 Å².